The predicted molar refractivity (Wildman–Crippen MR) is 88.0 cm³/mol. The van der Waals surface area contributed by atoms with Crippen LogP contribution in [0.15, 0.2) is 0 Å². The normalized spacial score (nSPS) is 16.8. The first-order valence-corrected chi connectivity index (χ1v) is 8.19. The van der Waals surface area contributed by atoms with Crippen LogP contribution in [-0.4, -0.2) is 64.9 Å². The van der Waals surface area contributed by atoms with Gasteiger partial charge >= 0.3 is 5.69 Å². The zero-order valence-corrected chi connectivity index (χ0v) is 14.4. The molecule has 1 unspecified atom stereocenters. The van der Waals surface area contributed by atoms with E-state index in [0.717, 1.165) is 39.3 Å². The molecule has 0 radical (unpaired) electrons. The average molecular weight is 339 g/mol. The maximum atomic E-state index is 12.3. The Morgan fingerprint density at radius 1 is 1.42 bits per heavy atom. The Morgan fingerprint density at radius 3 is 2.67 bits per heavy atom. The molecule has 1 aromatic heterocycles. The lowest BCUT2D eigenvalue weighted by molar-refractivity contribution is -0.386. The quantitative estimate of drug-likeness (QED) is 0.448. The van der Waals surface area contributed by atoms with Gasteiger partial charge in [-0.25, -0.2) is 0 Å². The van der Waals surface area contributed by atoms with Crippen molar-refractivity contribution in [3.05, 3.63) is 21.5 Å². The fraction of sp³-hybridized carbons (Fsp3) is 0.733. The first-order valence-electron chi connectivity index (χ1n) is 8.19. The summed E-state index contributed by atoms with van der Waals surface area (Å²) in [5.74, 6) is -0.183. The molecule has 9 nitrogen and oxygen atoms in total. The summed E-state index contributed by atoms with van der Waals surface area (Å²) in [5.41, 5.74) is 0.694. The molecular weight excluding hydrogens is 314 g/mol. The molecular formula is C15H25N5O4. The first-order chi connectivity index (χ1) is 11.4. The van der Waals surface area contributed by atoms with Gasteiger partial charge < -0.3 is 10.1 Å². The maximum Gasteiger partial charge on any atom is 0.312 e. The number of aryl methyl sites for hydroxylation is 1. The average Bonchev–Trinajstić information content (AvgIpc) is 2.86. The highest BCUT2D eigenvalue weighted by atomic mass is 16.6. The molecule has 2 heterocycles. The highest BCUT2D eigenvalue weighted by Crippen LogP contribution is 2.24. The van der Waals surface area contributed by atoms with Crippen LogP contribution in [-0.2, 0) is 9.53 Å². The summed E-state index contributed by atoms with van der Waals surface area (Å²) in [6, 6.07) is -0.583. The number of amides is 1. The van der Waals surface area contributed by atoms with Crippen LogP contribution in [0.2, 0.25) is 0 Å². The zero-order chi connectivity index (χ0) is 17.7. The number of nitrogens with zero attached hydrogens (tertiary/aromatic N) is 4. The molecule has 9 heteroatoms. The number of nitrogens with one attached hydrogen (secondary N) is 1. The number of ether oxygens (including phenoxy) is 1. The van der Waals surface area contributed by atoms with E-state index in [1.54, 1.807) is 20.8 Å². The van der Waals surface area contributed by atoms with E-state index >= 15 is 0 Å². The van der Waals surface area contributed by atoms with Crippen molar-refractivity contribution in [1.82, 2.24) is 20.0 Å². The number of morpholine rings is 1. The van der Waals surface area contributed by atoms with E-state index in [-0.39, 0.29) is 11.6 Å². The Kier molecular flexibility index (Phi) is 6.27. The number of hydrogen-bond acceptors (Lipinski definition) is 6. The van der Waals surface area contributed by atoms with E-state index in [1.807, 2.05) is 0 Å². The monoisotopic (exact) mass is 339 g/mol. The van der Waals surface area contributed by atoms with E-state index in [0.29, 0.717) is 17.9 Å². The number of carbonyl (C=O) groups excluding carboxylic acids is 1. The molecule has 0 aromatic carbocycles. The molecule has 24 heavy (non-hydrogen) atoms. The molecule has 0 saturated carbocycles. The summed E-state index contributed by atoms with van der Waals surface area (Å²) < 4.78 is 6.72. The molecule has 0 spiro atoms. The highest BCUT2D eigenvalue weighted by Gasteiger charge is 2.26. The third-order valence-corrected chi connectivity index (χ3v) is 4.27. The zero-order valence-electron chi connectivity index (χ0n) is 14.4. The van der Waals surface area contributed by atoms with Gasteiger partial charge in [-0.05, 0) is 33.7 Å². The Balaban J connectivity index is 1.83. The van der Waals surface area contributed by atoms with Crippen LogP contribution in [0.25, 0.3) is 0 Å². The van der Waals surface area contributed by atoms with Crippen molar-refractivity contribution in [1.29, 1.82) is 0 Å². The first kappa shape index (κ1) is 18.3. The number of aromatic nitrogens is 2. The topological polar surface area (TPSA) is 103 Å². The molecule has 0 aliphatic carbocycles. The number of rotatable bonds is 7. The number of nitro groups is 1. The van der Waals surface area contributed by atoms with Gasteiger partial charge in [-0.15, -0.1) is 0 Å². The molecule has 1 aromatic rings. The Morgan fingerprint density at radius 2 is 2.08 bits per heavy atom. The summed E-state index contributed by atoms with van der Waals surface area (Å²) in [6.45, 7) is 9.76. The van der Waals surface area contributed by atoms with Crippen molar-refractivity contribution in [2.45, 2.75) is 33.2 Å². The van der Waals surface area contributed by atoms with Crippen molar-refractivity contribution >= 4 is 11.6 Å². The van der Waals surface area contributed by atoms with Crippen molar-refractivity contribution < 1.29 is 14.5 Å². The minimum Gasteiger partial charge on any atom is -0.379 e. The lowest BCUT2D eigenvalue weighted by atomic mass is 10.2. The third-order valence-electron chi connectivity index (χ3n) is 4.27. The van der Waals surface area contributed by atoms with Crippen LogP contribution in [0.5, 0.6) is 0 Å². The molecule has 1 saturated heterocycles. The van der Waals surface area contributed by atoms with E-state index in [1.165, 1.54) is 4.68 Å². The van der Waals surface area contributed by atoms with Gasteiger partial charge in [0.2, 0.25) is 5.91 Å². The van der Waals surface area contributed by atoms with Gasteiger partial charge in [0.15, 0.2) is 0 Å². The van der Waals surface area contributed by atoms with Crippen molar-refractivity contribution in [3.63, 3.8) is 0 Å². The molecule has 2 rings (SSSR count). The fourth-order valence-electron chi connectivity index (χ4n) is 2.89. The second kappa shape index (κ2) is 8.20. The molecule has 1 aliphatic rings. The highest BCUT2D eigenvalue weighted by molar-refractivity contribution is 5.80. The third kappa shape index (κ3) is 4.30. The van der Waals surface area contributed by atoms with Crippen LogP contribution in [0.3, 0.4) is 0 Å². The molecule has 1 N–H and O–H groups in total. The standard InChI is InChI=1S/C15H25N5O4/c1-11-14(20(22)23)12(2)19(17-11)13(3)15(21)16-5-4-6-18-7-9-24-10-8-18/h13H,4-10H2,1-3H3,(H,16,21). The molecule has 1 aliphatic heterocycles. The van der Waals surface area contributed by atoms with Gasteiger partial charge in [-0.1, -0.05) is 0 Å². The van der Waals surface area contributed by atoms with Crippen LogP contribution in [0.1, 0.15) is 30.8 Å². The van der Waals surface area contributed by atoms with E-state index < -0.39 is 11.0 Å². The molecule has 1 amide bonds. The molecule has 134 valence electrons. The number of hydrogen-bond donors (Lipinski definition) is 1. The predicted octanol–water partition coefficient (Wildman–Crippen LogP) is 0.808. The fourth-order valence-corrected chi connectivity index (χ4v) is 2.89. The van der Waals surface area contributed by atoms with Crippen molar-refractivity contribution in [3.8, 4) is 0 Å². The molecule has 0 bridgehead atoms. The second-order valence-corrected chi connectivity index (χ2v) is 6.00. The van der Waals surface area contributed by atoms with E-state index in [2.05, 4.69) is 15.3 Å². The summed E-state index contributed by atoms with van der Waals surface area (Å²) in [6.07, 6.45) is 0.857. The van der Waals surface area contributed by atoms with Crippen LogP contribution < -0.4 is 5.32 Å². The van der Waals surface area contributed by atoms with Gasteiger partial charge in [0.1, 0.15) is 17.4 Å². The van der Waals surface area contributed by atoms with Crippen LogP contribution in [0, 0.1) is 24.0 Å². The Labute approximate surface area is 141 Å². The van der Waals surface area contributed by atoms with Crippen molar-refractivity contribution in [2.75, 3.05) is 39.4 Å². The maximum absolute atomic E-state index is 12.3. The van der Waals surface area contributed by atoms with Gasteiger partial charge in [0.25, 0.3) is 0 Å². The Hall–Kier alpha value is -2.00. The van der Waals surface area contributed by atoms with Gasteiger partial charge in [-0.3, -0.25) is 24.5 Å². The van der Waals surface area contributed by atoms with E-state index in [9.17, 15) is 14.9 Å². The summed E-state index contributed by atoms with van der Waals surface area (Å²) >= 11 is 0. The van der Waals surface area contributed by atoms with Gasteiger partial charge in [0, 0.05) is 19.6 Å². The van der Waals surface area contributed by atoms with Crippen LogP contribution >= 0.6 is 0 Å². The lowest BCUT2D eigenvalue weighted by Gasteiger charge is -2.26. The number of carbonyl (C=O) groups is 1. The molecule has 1 fully saturated rings. The lowest BCUT2D eigenvalue weighted by Crippen LogP contribution is -2.39. The SMILES string of the molecule is Cc1nn(C(C)C(=O)NCCCN2CCOCC2)c(C)c1[N+](=O)[O-]. The summed E-state index contributed by atoms with van der Waals surface area (Å²) in [5, 5.41) is 18.1. The van der Waals surface area contributed by atoms with Gasteiger partial charge in [-0.2, -0.15) is 5.10 Å². The summed E-state index contributed by atoms with van der Waals surface area (Å²) in [4.78, 5) is 25.2. The second-order valence-electron chi connectivity index (χ2n) is 6.00. The largest absolute Gasteiger partial charge is 0.379 e. The van der Waals surface area contributed by atoms with Gasteiger partial charge in [0.05, 0.1) is 18.1 Å². The van der Waals surface area contributed by atoms with Crippen LogP contribution in [0.4, 0.5) is 5.69 Å². The minimum atomic E-state index is -0.583. The minimum absolute atomic E-state index is 0.0260. The summed E-state index contributed by atoms with van der Waals surface area (Å²) in [7, 11) is 0. The smallest absolute Gasteiger partial charge is 0.312 e. The Bertz CT molecular complexity index is 595. The molecule has 1 atom stereocenters. The van der Waals surface area contributed by atoms with Crippen molar-refractivity contribution in [2.24, 2.45) is 0 Å². The van der Waals surface area contributed by atoms with E-state index in [4.69, 9.17) is 4.74 Å².